The summed E-state index contributed by atoms with van der Waals surface area (Å²) in [6.07, 6.45) is 0. The Bertz CT molecular complexity index is 809. The number of hydrogen-bond acceptors (Lipinski definition) is 6. The van der Waals surface area contributed by atoms with Gasteiger partial charge in [0.1, 0.15) is 4.88 Å². The van der Waals surface area contributed by atoms with Crippen LogP contribution in [0.1, 0.15) is 22.3 Å². The Morgan fingerprint density at radius 2 is 2.27 bits per heavy atom. The van der Waals surface area contributed by atoms with Gasteiger partial charge in [0.05, 0.1) is 11.2 Å². The van der Waals surface area contributed by atoms with E-state index in [1.807, 2.05) is 38.1 Å². The fourth-order valence-corrected chi connectivity index (χ4v) is 2.77. The Morgan fingerprint density at radius 1 is 1.41 bits per heavy atom. The lowest BCUT2D eigenvalue weighted by molar-refractivity contribution is 0.103. The first kappa shape index (κ1) is 14.3. The Labute approximate surface area is 131 Å². The minimum atomic E-state index is -0.160. The summed E-state index contributed by atoms with van der Waals surface area (Å²) >= 11 is 1.33. The number of amides is 1. The predicted octanol–water partition coefficient (Wildman–Crippen LogP) is 2.38. The molecule has 7 nitrogen and oxygen atoms in total. The van der Waals surface area contributed by atoms with Crippen LogP contribution >= 0.6 is 11.3 Å². The molecular weight excluding hydrogens is 300 g/mol. The molecule has 0 aliphatic heterocycles. The molecule has 3 rings (SSSR count). The van der Waals surface area contributed by atoms with Crippen molar-refractivity contribution in [3.8, 4) is 11.4 Å². The van der Waals surface area contributed by atoms with Crippen LogP contribution in [0.2, 0.25) is 0 Å². The first-order chi connectivity index (χ1) is 10.7. The maximum Gasteiger partial charge on any atom is 0.267 e. The molecule has 0 fully saturated rings. The van der Waals surface area contributed by atoms with Gasteiger partial charge in [-0.3, -0.25) is 4.79 Å². The van der Waals surface area contributed by atoms with Crippen molar-refractivity contribution in [3.63, 3.8) is 0 Å². The van der Waals surface area contributed by atoms with Crippen LogP contribution in [0.4, 0.5) is 5.69 Å². The first-order valence-corrected chi connectivity index (χ1v) is 7.65. The maximum absolute atomic E-state index is 12.2. The van der Waals surface area contributed by atoms with E-state index in [2.05, 4.69) is 25.8 Å². The number of benzene rings is 1. The number of nitrogens with zero attached hydrogens (tertiary/aromatic N) is 5. The van der Waals surface area contributed by atoms with E-state index in [0.717, 1.165) is 11.3 Å². The number of rotatable bonds is 4. The summed E-state index contributed by atoms with van der Waals surface area (Å²) in [7, 11) is 0. The quantitative estimate of drug-likeness (QED) is 0.799. The molecule has 1 aromatic carbocycles. The van der Waals surface area contributed by atoms with Crippen molar-refractivity contribution in [3.05, 3.63) is 40.3 Å². The minimum absolute atomic E-state index is 0.160. The molecule has 0 aliphatic carbocycles. The van der Waals surface area contributed by atoms with Gasteiger partial charge in [0, 0.05) is 17.8 Å². The lowest BCUT2D eigenvalue weighted by Crippen LogP contribution is -2.11. The molecular formula is C14H14N6OS. The van der Waals surface area contributed by atoms with Crippen LogP contribution in [-0.4, -0.2) is 31.1 Å². The second-order valence-corrected chi connectivity index (χ2v) is 5.47. The summed E-state index contributed by atoms with van der Waals surface area (Å²) in [6, 6.07) is 7.45. The number of carbonyl (C=O) groups excluding carboxylic acids is 1. The van der Waals surface area contributed by atoms with Crippen LogP contribution in [0.5, 0.6) is 0 Å². The summed E-state index contributed by atoms with van der Waals surface area (Å²) < 4.78 is 1.70. The van der Waals surface area contributed by atoms with Gasteiger partial charge in [-0.05, 0) is 36.4 Å². The van der Waals surface area contributed by atoms with E-state index in [1.54, 1.807) is 10.2 Å². The number of aryl methyl sites for hydroxylation is 2. The molecule has 0 atom stereocenters. The van der Waals surface area contributed by atoms with E-state index in [0.29, 0.717) is 22.9 Å². The van der Waals surface area contributed by atoms with Gasteiger partial charge in [-0.15, -0.1) is 16.4 Å². The number of aromatic nitrogens is 5. The highest BCUT2D eigenvalue weighted by atomic mass is 32.1. The van der Waals surface area contributed by atoms with E-state index in [4.69, 9.17) is 0 Å². The molecule has 0 unspecified atom stereocenters. The molecule has 1 N–H and O–H groups in total. The fraction of sp³-hybridized carbons (Fsp3) is 0.214. The number of carbonyl (C=O) groups is 1. The summed E-state index contributed by atoms with van der Waals surface area (Å²) in [5, 5.41) is 14.5. The van der Waals surface area contributed by atoms with E-state index in [-0.39, 0.29) is 5.91 Å². The Kier molecular flexibility index (Phi) is 3.92. The highest BCUT2D eigenvalue weighted by molar-refractivity contribution is 7.12. The van der Waals surface area contributed by atoms with Gasteiger partial charge in [0.15, 0.2) is 5.82 Å². The van der Waals surface area contributed by atoms with E-state index in [1.165, 1.54) is 11.3 Å². The van der Waals surface area contributed by atoms with Crippen molar-refractivity contribution in [2.45, 2.75) is 20.4 Å². The second-order valence-electron chi connectivity index (χ2n) is 4.62. The van der Waals surface area contributed by atoms with Gasteiger partial charge in [-0.2, -0.15) is 0 Å². The van der Waals surface area contributed by atoms with Crippen molar-refractivity contribution >= 4 is 22.9 Å². The fourth-order valence-electron chi connectivity index (χ4n) is 2.07. The third-order valence-corrected chi connectivity index (χ3v) is 4.09. The molecule has 3 aromatic rings. The lowest BCUT2D eigenvalue weighted by Gasteiger charge is -2.07. The van der Waals surface area contributed by atoms with Crippen molar-refractivity contribution < 1.29 is 4.79 Å². The molecule has 0 saturated carbocycles. The van der Waals surface area contributed by atoms with E-state index >= 15 is 0 Å². The minimum Gasteiger partial charge on any atom is -0.321 e. The van der Waals surface area contributed by atoms with Gasteiger partial charge in [-0.25, -0.2) is 9.67 Å². The van der Waals surface area contributed by atoms with Gasteiger partial charge in [-0.1, -0.05) is 12.1 Å². The molecule has 1 amide bonds. The summed E-state index contributed by atoms with van der Waals surface area (Å²) in [6.45, 7) is 4.47. The van der Waals surface area contributed by atoms with Crippen molar-refractivity contribution in [2.24, 2.45) is 0 Å². The molecule has 2 aromatic heterocycles. The van der Waals surface area contributed by atoms with Crippen LogP contribution in [-0.2, 0) is 6.54 Å². The molecule has 112 valence electrons. The van der Waals surface area contributed by atoms with Crippen molar-refractivity contribution in [1.29, 1.82) is 0 Å². The van der Waals surface area contributed by atoms with Crippen LogP contribution < -0.4 is 5.32 Å². The number of anilines is 1. The molecule has 0 bridgehead atoms. The molecule has 0 radical (unpaired) electrons. The van der Waals surface area contributed by atoms with Crippen LogP contribution in [0.3, 0.4) is 0 Å². The van der Waals surface area contributed by atoms with Crippen LogP contribution in [0, 0.1) is 6.92 Å². The Morgan fingerprint density at radius 3 is 3.00 bits per heavy atom. The average molecular weight is 314 g/mol. The summed E-state index contributed by atoms with van der Waals surface area (Å²) in [5.41, 5.74) is 3.94. The zero-order valence-corrected chi connectivity index (χ0v) is 13.0. The summed E-state index contributed by atoms with van der Waals surface area (Å²) in [4.78, 5) is 16.9. The molecule has 0 aliphatic rings. The monoisotopic (exact) mass is 314 g/mol. The van der Waals surface area contributed by atoms with Crippen molar-refractivity contribution in [2.75, 3.05) is 5.32 Å². The number of hydrogen-bond donors (Lipinski definition) is 1. The molecule has 22 heavy (non-hydrogen) atoms. The Hall–Kier alpha value is -2.61. The molecule has 8 heteroatoms. The third kappa shape index (κ3) is 2.73. The standard InChI is InChI=1S/C14H14N6OS/c1-3-20-13(17-18-19-20)10-5-4-6-11(7-10)16-14(21)12-9(2)15-8-22-12/h4-8H,3H2,1-2H3,(H,16,21). The average Bonchev–Trinajstić information content (AvgIpc) is 3.15. The zero-order valence-electron chi connectivity index (χ0n) is 12.1. The highest BCUT2D eigenvalue weighted by Crippen LogP contribution is 2.21. The molecule has 0 spiro atoms. The Balaban J connectivity index is 1.86. The van der Waals surface area contributed by atoms with Crippen molar-refractivity contribution in [1.82, 2.24) is 25.2 Å². The van der Waals surface area contributed by atoms with Gasteiger partial charge in [0.25, 0.3) is 5.91 Å². The number of tetrazole rings is 1. The second kappa shape index (κ2) is 6.02. The normalized spacial score (nSPS) is 10.6. The lowest BCUT2D eigenvalue weighted by atomic mass is 10.2. The number of nitrogens with one attached hydrogen (secondary N) is 1. The number of thiazole rings is 1. The zero-order chi connectivity index (χ0) is 15.5. The van der Waals surface area contributed by atoms with Crippen LogP contribution in [0.25, 0.3) is 11.4 Å². The van der Waals surface area contributed by atoms with Gasteiger partial charge >= 0.3 is 0 Å². The highest BCUT2D eigenvalue weighted by Gasteiger charge is 2.13. The predicted molar refractivity (Wildman–Crippen MR) is 83.7 cm³/mol. The first-order valence-electron chi connectivity index (χ1n) is 6.77. The molecule has 0 saturated heterocycles. The summed E-state index contributed by atoms with van der Waals surface area (Å²) in [5.74, 6) is 0.514. The van der Waals surface area contributed by atoms with Gasteiger partial charge < -0.3 is 5.32 Å². The maximum atomic E-state index is 12.2. The smallest absolute Gasteiger partial charge is 0.267 e. The van der Waals surface area contributed by atoms with E-state index in [9.17, 15) is 4.79 Å². The molecule has 2 heterocycles. The van der Waals surface area contributed by atoms with E-state index < -0.39 is 0 Å². The largest absolute Gasteiger partial charge is 0.321 e. The van der Waals surface area contributed by atoms with Crippen LogP contribution in [0.15, 0.2) is 29.8 Å². The topological polar surface area (TPSA) is 85.6 Å². The third-order valence-electron chi connectivity index (χ3n) is 3.16. The SMILES string of the molecule is CCn1nnnc1-c1cccc(NC(=O)c2scnc2C)c1. The van der Waals surface area contributed by atoms with Gasteiger partial charge in [0.2, 0.25) is 0 Å².